The standard InChI is InChI=1S/C24H31FN2O2/c1-2-3-4-13-24(26,23(28)29)20-14-22(15-20)27-16-17-5-7-18(8-6-17)19-9-11-21(25)12-10-19/h5-12,20,22,27H,2-4,13-16,26H2,1H3,(H,28,29). The maximum atomic E-state index is 13.1. The number of halogens is 1. The molecule has 1 unspecified atom stereocenters. The molecule has 2 aromatic rings. The van der Waals surface area contributed by atoms with Crippen LogP contribution in [0.25, 0.3) is 11.1 Å². The molecule has 1 aliphatic carbocycles. The van der Waals surface area contributed by atoms with E-state index < -0.39 is 11.5 Å². The summed E-state index contributed by atoms with van der Waals surface area (Å²) >= 11 is 0. The molecular formula is C24H31FN2O2. The van der Waals surface area contributed by atoms with Gasteiger partial charge in [-0.25, -0.2) is 4.39 Å². The van der Waals surface area contributed by atoms with Crippen molar-refractivity contribution in [3.63, 3.8) is 0 Å². The molecule has 0 bridgehead atoms. The molecule has 0 spiro atoms. The predicted molar refractivity (Wildman–Crippen MR) is 114 cm³/mol. The van der Waals surface area contributed by atoms with E-state index in [9.17, 15) is 14.3 Å². The van der Waals surface area contributed by atoms with Gasteiger partial charge in [0.25, 0.3) is 0 Å². The van der Waals surface area contributed by atoms with E-state index in [1.165, 1.54) is 17.7 Å². The van der Waals surface area contributed by atoms with Crippen LogP contribution in [-0.4, -0.2) is 22.7 Å². The number of nitrogens with two attached hydrogens (primary N) is 1. The normalized spacial score (nSPS) is 20.7. The molecule has 29 heavy (non-hydrogen) atoms. The number of hydrogen-bond acceptors (Lipinski definition) is 3. The molecule has 0 saturated heterocycles. The minimum atomic E-state index is -1.09. The molecule has 0 aromatic heterocycles. The molecule has 156 valence electrons. The second-order valence-corrected chi connectivity index (χ2v) is 8.25. The van der Waals surface area contributed by atoms with Gasteiger partial charge in [0.2, 0.25) is 0 Å². The van der Waals surface area contributed by atoms with E-state index in [4.69, 9.17) is 5.73 Å². The van der Waals surface area contributed by atoms with Crippen molar-refractivity contribution in [3.05, 3.63) is 59.9 Å². The Hall–Kier alpha value is -2.24. The van der Waals surface area contributed by atoms with Gasteiger partial charge in [-0.3, -0.25) is 4.79 Å². The summed E-state index contributed by atoms with van der Waals surface area (Å²) in [7, 11) is 0. The van der Waals surface area contributed by atoms with E-state index in [1.807, 2.05) is 12.1 Å². The van der Waals surface area contributed by atoms with E-state index in [-0.39, 0.29) is 11.7 Å². The number of carboxylic acids is 1. The van der Waals surface area contributed by atoms with Crippen molar-refractivity contribution in [1.29, 1.82) is 0 Å². The van der Waals surface area contributed by atoms with Gasteiger partial charge in [0, 0.05) is 12.6 Å². The Kier molecular flexibility index (Phi) is 7.04. The zero-order valence-corrected chi connectivity index (χ0v) is 17.0. The summed E-state index contributed by atoms with van der Waals surface area (Å²) in [4.78, 5) is 11.7. The fourth-order valence-electron chi connectivity index (χ4n) is 4.08. The van der Waals surface area contributed by atoms with Gasteiger partial charge in [-0.15, -0.1) is 0 Å². The molecule has 3 rings (SSSR count). The molecule has 2 aromatic carbocycles. The summed E-state index contributed by atoms with van der Waals surface area (Å²) < 4.78 is 13.1. The fraction of sp³-hybridized carbons (Fsp3) is 0.458. The van der Waals surface area contributed by atoms with Crippen molar-refractivity contribution in [2.24, 2.45) is 11.7 Å². The third kappa shape index (κ3) is 5.22. The number of carboxylic acid groups (broad SMARTS) is 1. The molecule has 0 heterocycles. The van der Waals surface area contributed by atoms with Crippen molar-refractivity contribution < 1.29 is 14.3 Å². The first kappa shape index (κ1) is 21.5. The van der Waals surface area contributed by atoms with Gasteiger partial charge in [0.15, 0.2) is 0 Å². The van der Waals surface area contributed by atoms with Crippen molar-refractivity contribution in [3.8, 4) is 11.1 Å². The highest BCUT2D eigenvalue weighted by atomic mass is 19.1. The Morgan fingerprint density at radius 3 is 2.24 bits per heavy atom. The maximum absolute atomic E-state index is 13.1. The molecule has 1 aliphatic rings. The molecule has 0 aliphatic heterocycles. The van der Waals surface area contributed by atoms with Crippen LogP contribution in [0.15, 0.2) is 48.5 Å². The van der Waals surface area contributed by atoms with Crippen molar-refractivity contribution >= 4 is 5.97 Å². The van der Waals surface area contributed by atoms with Crippen LogP contribution in [0.1, 0.15) is 51.0 Å². The van der Waals surface area contributed by atoms with Crippen LogP contribution in [0.3, 0.4) is 0 Å². The number of rotatable bonds is 10. The van der Waals surface area contributed by atoms with E-state index >= 15 is 0 Å². The molecule has 0 radical (unpaired) electrons. The van der Waals surface area contributed by atoms with Gasteiger partial charge in [-0.1, -0.05) is 62.6 Å². The third-order valence-electron chi connectivity index (χ3n) is 6.19. The number of unbranched alkanes of at least 4 members (excludes halogenated alkanes) is 2. The van der Waals surface area contributed by atoms with E-state index in [1.54, 1.807) is 12.1 Å². The Morgan fingerprint density at radius 2 is 1.69 bits per heavy atom. The minimum Gasteiger partial charge on any atom is -0.480 e. The summed E-state index contributed by atoms with van der Waals surface area (Å²) in [6.07, 6.45) is 5.12. The molecule has 4 nitrogen and oxygen atoms in total. The molecule has 1 fully saturated rings. The van der Waals surface area contributed by atoms with Gasteiger partial charge < -0.3 is 16.2 Å². The number of benzene rings is 2. The lowest BCUT2D eigenvalue weighted by molar-refractivity contribution is -0.148. The molecule has 4 N–H and O–H groups in total. The highest BCUT2D eigenvalue weighted by Gasteiger charge is 2.47. The van der Waals surface area contributed by atoms with Gasteiger partial charge >= 0.3 is 5.97 Å². The highest BCUT2D eigenvalue weighted by Crippen LogP contribution is 2.38. The number of nitrogens with one attached hydrogen (secondary N) is 1. The third-order valence-corrected chi connectivity index (χ3v) is 6.19. The lowest BCUT2D eigenvalue weighted by Gasteiger charge is -2.45. The van der Waals surface area contributed by atoms with Crippen molar-refractivity contribution in [1.82, 2.24) is 5.32 Å². The Balaban J connectivity index is 1.48. The highest BCUT2D eigenvalue weighted by molar-refractivity contribution is 5.79. The largest absolute Gasteiger partial charge is 0.480 e. The fourth-order valence-corrected chi connectivity index (χ4v) is 4.08. The second-order valence-electron chi connectivity index (χ2n) is 8.25. The van der Waals surface area contributed by atoms with E-state index in [2.05, 4.69) is 24.4 Å². The number of carbonyl (C=O) groups is 1. The van der Waals surface area contributed by atoms with Crippen LogP contribution >= 0.6 is 0 Å². The minimum absolute atomic E-state index is 0.0372. The zero-order valence-electron chi connectivity index (χ0n) is 17.0. The maximum Gasteiger partial charge on any atom is 0.323 e. The van der Waals surface area contributed by atoms with Crippen LogP contribution < -0.4 is 11.1 Å². The van der Waals surface area contributed by atoms with E-state index in [0.717, 1.165) is 49.8 Å². The lowest BCUT2D eigenvalue weighted by Crippen LogP contribution is -2.60. The summed E-state index contributed by atoms with van der Waals surface area (Å²) in [5, 5.41) is 13.1. The van der Waals surface area contributed by atoms with Gasteiger partial charge in [-0.2, -0.15) is 0 Å². The number of hydrogen-bond donors (Lipinski definition) is 3. The summed E-state index contributed by atoms with van der Waals surface area (Å²) in [5.74, 6) is -1.06. The SMILES string of the molecule is CCCCCC(N)(C(=O)O)C1CC(NCc2ccc(-c3ccc(F)cc3)cc2)C1. The topological polar surface area (TPSA) is 75.4 Å². The van der Waals surface area contributed by atoms with Crippen molar-refractivity contribution in [2.45, 2.75) is 63.6 Å². The summed E-state index contributed by atoms with van der Waals surface area (Å²) in [6, 6.07) is 15.0. The predicted octanol–water partition coefficient (Wildman–Crippen LogP) is 4.72. The summed E-state index contributed by atoms with van der Waals surface area (Å²) in [5.41, 5.74) is 8.40. The van der Waals surface area contributed by atoms with Crippen LogP contribution in [-0.2, 0) is 11.3 Å². The zero-order chi connectivity index (χ0) is 20.9. The average molecular weight is 399 g/mol. The Bertz CT molecular complexity index is 801. The second kappa shape index (κ2) is 9.51. The monoisotopic (exact) mass is 398 g/mol. The quantitative estimate of drug-likeness (QED) is 0.506. The first-order valence-corrected chi connectivity index (χ1v) is 10.5. The molecule has 0 amide bonds. The number of aliphatic carboxylic acids is 1. The Morgan fingerprint density at radius 1 is 1.10 bits per heavy atom. The average Bonchev–Trinajstić information content (AvgIpc) is 2.68. The summed E-state index contributed by atoms with van der Waals surface area (Å²) in [6.45, 7) is 2.84. The van der Waals surface area contributed by atoms with Crippen LogP contribution in [0.2, 0.25) is 0 Å². The molecule has 5 heteroatoms. The first-order valence-electron chi connectivity index (χ1n) is 10.5. The van der Waals surface area contributed by atoms with Gasteiger partial charge in [0.05, 0.1) is 0 Å². The van der Waals surface area contributed by atoms with Crippen LogP contribution in [0, 0.1) is 11.7 Å². The first-order chi connectivity index (χ1) is 13.9. The van der Waals surface area contributed by atoms with Gasteiger partial charge in [-0.05, 0) is 54.0 Å². The smallest absolute Gasteiger partial charge is 0.323 e. The molecular weight excluding hydrogens is 367 g/mol. The molecule has 1 saturated carbocycles. The van der Waals surface area contributed by atoms with Crippen molar-refractivity contribution in [2.75, 3.05) is 0 Å². The lowest BCUT2D eigenvalue weighted by atomic mass is 9.66. The van der Waals surface area contributed by atoms with Gasteiger partial charge in [0.1, 0.15) is 11.4 Å². The Labute approximate surface area is 172 Å². The van der Waals surface area contributed by atoms with Crippen LogP contribution in [0.4, 0.5) is 4.39 Å². The van der Waals surface area contributed by atoms with E-state index in [0.29, 0.717) is 12.5 Å². The molecule has 1 atom stereocenters. The van der Waals surface area contributed by atoms with Crippen LogP contribution in [0.5, 0.6) is 0 Å².